The van der Waals surface area contributed by atoms with Gasteiger partial charge in [0, 0.05) is 18.6 Å². The molecule has 0 spiro atoms. The molecular formula is C11H5BrClN3S. The fourth-order valence-corrected chi connectivity index (χ4v) is 3.22. The molecule has 0 atom stereocenters. The lowest BCUT2D eigenvalue weighted by Crippen LogP contribution is -1.86. The molecule has 0 saturated heterocycles. The van der Waals surface area contributed by atoms with Gasteiger partial charge in [0.25, 0.3) is 0 Å². The van der Waals surface area contributed by atoms with Crippen LogP contribution in [-0.2, 0) is 0 Å². The van der Waals surface area contributed by atoms with Crippen molar-refractivity contribution >= 4 is 49.0 Å². The number of nitrogens with zero attached hydrogens (tertiary/aromatic N) is 3. The maximum atomic E-state index is 5.81. The Kier molecular flexibility index (Phi) is 2.82. The molecule has 0 aliphatic rings. The molecule has 84 valence electrons. The molecule has 3 aromatic rings. The van der Waals surface area contributed by atoms with E-state index < -0.39 is 0 Å². The summed E-state index contributed by atoms with van der Waals surface area (Å²) in [5.74, 6) is 0. The third-order valence-electron chi connectivity index (χ3n) is 2.27. The Labute approximate surface area is 115 Å². The molecule has 0 unspecified atom stereocenters. The lowest BCUT2D eigenvalue weighted by atomic mass is 10.3. The van der Waals surface area contributed by atoms with Gasteiger partial charge in [-0.25, -0.2) is 9.97 Å². The van der Waals surface area contributed by atoms with Gasteiger partial charge in [0.05, 0.1) is 19.7 Å². The molecule has 0 fully saturated rings. The van der Waals surface area contributed by atoms with Crippen LogP contribution in [-0.4, -0.2) is 15.0 Å². The van der Waals surface area contributed by atoms with Crippen LogP contribution in [0.2, 0.25) is 5.28 Å². The smallest absolute Gasteiger partial charge is 0.222 e. The SMILES string of the molecule is Clc1ncc(Br)c(-c2cc3ccncc3s2)n1. The molecule has 3 heterocycles. The number of fused-ring (bicyclic) bond motifs is 1. The summed E-state index contributed by atoms with van der Waals surface area (Å²) >= 11 is 10.9. The monoisotopic (exact) mass is 325 g/mol. The highest BCUT2D eigenvalue weighted by Crippen LogP contribution is 2.35. The topological polar surface area (TPSA) is 38.7 Å². The molecule has 3 nitrogen and oxygen atoms in total. The Morgan fingerprint density at radius 2 is 2.18 bits per heavy atom. The van der Waals surface area contributed by atoms with E-state index in [1.54, 1.807) is 23.7 Å². The van der Waals surface area contributed by atoms with Crippen molar-refractivity contribution in [1.29, 1.82) is 0 Å². The van der Waals surface area contributed by atoms with Crippen molar-refractivity contribution in [2.75, 3.05) is 0 Å². The van der Waals surface area contributed by atoms with E-state index in [4.69, 9.17) is 11.6 Å². The summed E-state index contributed by atoms with van der Waals surface area (Å²) in [4.78, 5) is 13.3. The van der Waals surface area contributed by atoms with Crippen molar-refractivity contribution in [2.24, 2.45) is 0 Å². The first kappa shape index (κ1) is 11.1. The molecule has 3 aromatic heterocycles. The second-order valence-electron chi connectivity index (χ2n) is 3.36. The van der Waals surface area contributed by atoms with Crippen molar-refractivity contribution in [3.8, 4) is 10.6 Å². The third-order valence-corrected chi connectivity index (χ3v) is 4.13. The van der Waals surface area contributed by atoms with Crippen molar-refractivity contribution in [2.45, 2.75) is 0 Å². The van der Waals surface area contributed by atoms with E-state index in [1.165, 1.54) is 0 Å². The molecule has 0 aliphatic heterocycles. The van der Waals surface area contributed by atoms with Crippen molar-refractivity contribution in [3.05, 3.63) is 40.5 Å². The number of pyridine rings is 1. The van der Waals surface area contributed by atoms with E-state index in [-0.39, 0.29) is 5.28 Å². The minimum atomic E-state index is 0.249. The van der Waals surface area contributed by atoms with Crippen molar-refractivity contribution < 1.29 is 0 Å². The van der Waals surface area contributed by atoms with Gasteiger partial charge in [0.2, 0.25) is 5.28 Å². The molecule has 3 rings (SSSR count). The molecule has 0 amide bonds. The third kappa shape index (κ3) is 2.06. The first-order chi connectivity index (χ1) is 8.24. The summed E-state index contributed by atoms with van der Waals surface area (Å²) in [7, 11) is 0. The van der Waals surface area contributed by atoms with Crippen LogP contribution in [0.15, 0.2) is 35.2 Å². The number of aromatic nitrogens is 3. The van der Waals surface area contributed by atoms with Crippen LogP contribution in [0.1, 0.15) is 0 Å². The Balaban J connectivity index is 2.23. The summed E-state index contributed by atoms with van der Waals surface area (Å²) in [6, 6.07) is 4.05. The zero-order chi connectivity index (χ0) is 11.8. The lowest BCUT2D eigenvalue weighted by Gasteiger charge is -1.99. The standard InChI is InChI=1S/C11H5BrClN3S/c12-7-4-15-11(13)16-10(7)8-3-6-1-2-14-5-9(6)17-8/h1-5H. The molecule has 0 bridgehead atoms. The van der Waals surface area contributed by atoms with Gasteiger partial charge in [-0.2, -0.15) is 0 Å². The summed E-state index contributed by atoms with van der Waals surface area (Å²) in [6.07, 6.45) is 5.29. The van der Waals surface area contributed by atoms with Gasteiger partial charge < -0.3 is 0 Å². The number of thiophene rings is 1. The zero-order valence-electron chi connectivity index (χ0n) is 8.39. The maximum Gasteiger partial charge on any atom is 0.222 e. The summed E-state index contributed by atoms with van der Waals surface area (Å²) in [6.45, 7) is 0. The second kappa shape index (κ2) is 4.33. The van der Waals surface area contributed by atoms with E-state index >= 15 is 0 Å². The fraction of sp³-hybridized carbons (Fsp3) is 0. The fourth-order valence-electron chi connectivity index (χ4n) is 1.52. The van der Waals surface area contributed by atoms with Crippen molar-refractivity contribution in [3.63, 3.8) is 0 Å². The normalized spacial score (nSPS) is 10.9. The molecule has 0 radical (unpaired) electrons. The molecule has 0 aromatic carbocycles. The lowest BCUT2D eigenvalue weighted by molar-refractivity contribution is 1.16. The maximum absolute atomic E-state index is 5.81. The van der Waals surface area contributed by atoms with Crippen LogP contribution in [0.25, 0.3) is 20.7 Å². The van der Waals surface area contributed by atoms with Gasteiger partial charge in [-0.05, 0) is 45.0 Å². The molecule has 0 aliphatic carbocycles. The minimum absolute atomic E-state index is 0.249. The number of hydrogen-bond acceptors (Lipinski definition) is 4. The largest absolute Gasteiger partial charge is 0.263 e. The van der Waals surface area contributed by atoms with Gasteiger partial charge >= 0.3 is 0 Å². The summed E-state index contributed by atoms with van der Waals surface area (Å²) in [5.41, 5.74) is 0.811. The Morgan fingerprint density at radius 3 is 3.00 bits per heavy atom. The zero-order valence-corrected chi connectivity index (χ0v) is 11.6. The van der Waals surface area contributed by atoms with Crippen LogP contribution < -0.4 is 0 Å². The molecule has 0 saturated carbocycles. The first-order valence-electron chi connectivity index (χ1n) is 4.76. The highest BCUT2D eigenvalue weighted by Gasteiger charge is 2.10. The molecular weight excluding hydrogens is 322 g/mol. The predicted molar refractivity (Wildman–Crippen MR) is 73.4 cm³/mol. The van der Waals surface area contributed by atoms with Crippen LogP contribution >= 0.6 is 38.9 Å². The number of rotatable bonds is 1. The average Bonchev–Trinajstić information content (AvgIpc) is 2.75. The van der Waals surface area contributed by atoms with Gasteiger partial charge in [0.1, 0.15) is 0 Å². The second-order valence-corrected chi connectivity index (χ2v) is 5.64. The van der Waals surface area contributed by atoms with E-state index in [9.17, 15) is 0 Å². The van der Waals surface area contributed by atoms with Crippen LogP contribution in [0.5, 0.6) is 0 Å². The average molecular weight is 327 g/mol. The Hall–Kier alpha value is -1.04. The van der Waals surface area contributed by atoms with Gasteiger partial charge in [0.15, 0.2) is 0 Å². The number of halogens is 2. The van der Waals surface area contributed by atoms with Gasteiger partial charge in [-0.15, -0.1) is 11.3 Å². The summed E-state index contributed by atoms with van der Waals surface area (Å²) < 4.78 is 1.96. The van der Waals surface area contributed by atoms with Gasteiger partial charge in [-0.1, -0.05) is 0 Å². The van der Waals surface area contributed by atoms with E-state index in [2.05, 4.69) is 36.9 Å². The molecule has 6 heteroatoms. The van der Waals surface area contributed by atoms with Crippen LogP contribution in [0, 0.1) is 0 Å². The van der Waals surface area contributed by atoms with Crippen LogP contribution in [0.4, 0.5) is 0 Å². The van der Waals surface area contributed by atoms with Crippen molar-refractivity contribution in [1.82, 2.24) is 15.0 Å². The van der Waals surface area contributed by atoms with Gasteiger partial charge in [-0.3, -0.25) is 4.98 Å². The minimum Gasteiger partial charge on any atom is -0.263 e. The molecule has 0 N–H and O–H groups in total. The highest BCUT2D eigenvalue weighted by atomic mass is 79.9. The highest BCUT2D eigenvalue weighted by molar-refractivity contribution is 9.10. The predicted octanol–water partition coefficient (Wildman–Crippen LogP) is 4.17. The quantitative estimate of drug-likeness (QED) is 0.630. The van der Waals surface area contributed by atoms with E-state index in [1.807, 2.05) is 12.3 Å². The summed E-state index contributed by atoms with van der Waals surface area (Å²) in [5, 5.41) is 1.40. The number of hydrogen-bond donors (Lipinski definition) is 0. The Bertz CT molecular complexity index is 665. The Morgan fingerprint density at radius 1 is 1.29 bits per heavy atom. The van der Waals surface area contributed by atoms with E-state index in [0.29, 0.717) is 0 Å². The van der Waals surface area contributed by atoms with Crippen LogP contribution in [0.3, 0.4) is 0 Å². The van der Waals surface area contributed by atoms with E-state index in [0.717, 1.165) is 25.1 Å². The molecule has 17 heavy (non-hydrogen) atoms. The first-order valence-corrected chi connectivity index (χ1v) is 6.75.